The molecule has 0 fully saturated rings. The third kappa shape index (κ3) is 4.46. The molecule has 0 radical (unpaired) electrons. The zero-order valence-corrected chi connectivity index (χ0v) is 10.9. The fourth-order valence-electron chi connectivity index (χ4n) is 1.57. The summed E-state index contributed by atoms with van der Waals surface area (Å²) in [6.45, 7) is 3.18. The highest BCUT2D eigenvalue weighted by Crippen LogP contribution is 2.29. The smallest absolute Gasteiger partial charge is 0.466 e. The van der Waals surface area contributed by atoms with Gasteiger partial charge in [0.15, 0.2) is 0 Å². The van der Waals surface area contributed by atoms with Crippen LogP contribution in [0.25, 0.3) is 0 Å². The van der Waals surface area contributed by atoms with Crippen molar-refractivity contribution in [2.24, 2.45) is 0 Å². The summed E-state index contributed by atoms with van der Waals surface area (Å²) in [4.78, 5) is 11.4. The van der Waals surface area contributed by atoms with Crippen LogP contribution in [0.1, 0.15) is 23.6 Å². The van der Waals surface area contributed by atoms with Gasteiger partial charge in [0.05, 0.1) is 24.7 Å². The van der Waals surface area contributed by atoms with E-state index in [1.54, 1.807) is 6.92 Å². The van der Waals surface area contributed by atoms with Crippen LogP contribution >= 0.6 is 0 Å². The normalized spacial score (nSPS) is 10.8. The molecule has 0 aliphatic heterocycles. The molecule has 0 saturated heterocycles. The number of rotatable bonds is 4. The summed E-state index contributed by atoms with van der Waals surface area (Å²) < 4.78 is 45.5. The summed E-state index contributed by atoms with van der Waals surface area (Å²) in [6, 6.07) is 4.13. The van der Waals surface area contributed by atoms with Gasteiger partial charge in [0.1, 0.15) is 5.75 Å². The lowest BCUT2D eigenvalue weighted by Gasteiger charge is -2.14. The third-order valence-corrected chi connectivity index (χ3v) is 2.39. The Labute approximate surface area is 113 Å². The van der Waals surface area contributed by atoms with Crippen LogP contribution in [-0.4, -0.2) is 18.9 Å². The Morgan fingerprint density at radius 3 is 2.55 bits per heavy atom. The second-order valence-corrected chi connectivity index (χ2v) is 3.92. The predicted octanol–water partition coefficient (Wildman–Crippen LogP) is 2.87. The fourth-order valence-corrected chi connectivity index (χ4v) is 1.57. The second kappa shape index (κ2) is 6.28. The summed E-state index contributed by atoms with van der Waals surface area (Å²) in [7, 11) is 0. The molecule has 0 aliphatic carbocycles. The zero-order chi connectivity index (χ0) is 15.3. The number of halogens is 3. The van der Waals surface area contributed by atoms with E-state index < -0.39 is 24.5 Å². The molecule has 0 amide bonds. The molecule has 20 heavy (non-hydrogen) atoms. The minimum Gasteiger partial charge on any atom is -0.466 e. The Balaban J connectivity index is 3.16. The van der Waals surface area contributed by atoms with E-state index in [-0.39, 0.29) is 17.7 Å². The molecule has 1 rings (SSSR count). The van der Waals surface area contributed by atoms with Crippen molar-refractivity contribution in [3.63, 3.8) is 0 Å². The van der Waals surface area contributed by atoms with Gasteiger partial charge in [-0.05, 0) is 31.5 Å². The van der Waals surface area contributed by atoms with E-state index in [0.717, 1.165) is 6.07 Å². The number of aryl methyl sites for hydroxylation is 1. The van der Waals surface area contributed by atoms with Gasteiger partial charge in [-0.15, -0.1) is 13.2 Å². The second-order valence-electron chi connectivity index (χ2n) is 3.92. The summed E-state index contributed by atoms with van der Waals surface area (Å²) in [5.74, 6) is -1.19. The van der Waals surface area contributed by atoms with Crippen LogP contribution in [0.5, 0.6) is 5.75 Å². The molecular weight excluding hydrogens is 275 g/mol. The molecule has 0 spiro atoms. The Morgan fingerprint density at radius 1 is 1.40 bits per heavy atom. The topological polar surface area (TPSA) is 59.3 Å². The van der Waals surface area contributed by atoms with Gasteiger partial charge in [-0.25, -0.2) is 0 Å². The number of carbonyl (C=O) groups excluding carboxylic acids is 1. The molecule has 1 aromatic carbocycles. The van der Waals surface area contributed by atoms with Crippen LogP contribution in [0.3, 0.4) is 0 Å². The maximum Gasteiger partial charge on any atom is 0.573 e. The van der Waals surface area contributed by atoms with Crippen LogP contribution < -0.4 is 4.74 Å². The SMILES string of the molecule is CCOC(=O)Cc1cc(C#N)c(C)cc1OC(F)(F)F. The number of alkyl halides is 3. The van der Waals surface area contributed by atoms with Crippen molar-refractivity contribution >= 4 is 5.97 Å². The molecular formula is C13H12F3NO3. The first-order chi connectivity index (χ1) is 9.26. The molecule has 0 aliphatic rings. The van der Waals surface area contributed by atoms with Gasteiger partial charge in [-0.2, -0.15) is 5.26 Å². The highest BCUT2D eigenvalue weighted by molar-refractivity contribution is 5.74. The maximum absolute atomic E-state index is 12.3. The van der Waals surface area contributed by atoms with Crippen LogP contribution in [0.4, 0.5) is 13.2 Å². The number of hydrogen-bond donors (Lipinski definition) is 0. The van der Waals surface area contributed by atoms with Crippen molar-refractivity contribution in [2.75, 3.05) is 6.61 Å². The van der Waals surface area contributed by atoms with Crippen molar-refractivity contribution < 1.29 is 27.4 Å². The number of benzene rings is 1. The lowest BCUT2D eigenvalue weighted by molar-refractivity contribution is -0.275. The monoisotopic (exact) mass is 287 g/mol. The maximum atomic E-state index is 12.3. The first-order valence-corrected chi connectivity index (χ1v) is 5.71. The van der Waals surface area contributed by atoms with Gasteiger partial charge < -0.3 is 9.47 Å². The summed E-state index contributed by atoms with van der Waals surface area (Å²) in [5, 5.41) is 8.87. The average Bonchev–Trinajstić information content (AvgIpc) is 2.30. The number of ether oxygens (including phenoxy) is 2. The van der Waals surface area contributed by atoms with E-state index in [1.807, 2.05) is 6.07 Å². The molecule has 0 saturated carbocycles. The van der Waals surface area contributed by atoms with Crippen LogP contribution in [0, 0.1) is 18.3 Å². The number of esters is 1. The fraction of sp³-hybridized carbons (Fsp3) is 0.385. The number of carbonyl (C=O) groups is 1. The van der Waals surface area contributed by atoms with Crippen molar-refractivity contribution in [2.45, 2.75) is 26.6 Å². The van der Waals surface area contributed by atoms with E-state index >= 15 is 0 Å². The number of hydrogen-bond acceptors (Lipinski definition) is 4. The van der Waals surface area contributed by atoms with Gasteiger partial charge in [0, 0.05) is 5.56 Å². The molecule has 0 N–H and O–H groups in total. The van der Waals surface area contributed by atoms with Crippen LogP contribution in [0.2, 0.25) is 0 Å². The average molecular weight is 287 g/mol. The van der Waals surface area contributed by atoms with Gasteiger partial charge >= 0.3 is 12.3 Å². The largest absolute Gasteiger partial charge is 0.573 e. The Bertz CT molecular complexity index is 547. The summed E-state index contributed by atoms with van der Waals surface area (Å²) in [5.41, 5.74) is 0.473. The predicted molar refractivity (Wildman–Crippen MR) is 62.9 cm³/mol. The molecule has 0 aromatic heterocycles. The van der Waals surface area contributed by atoms with E-state index in [1.165, 1.54) is 13.0 Å². The summed E-state index contributed by atoms with van der Waals surface area (Å²) in [6.07, 6.45) is -5.27. The third-order valence-electron chi connectivity index (χ3n) is 2.39. The molecule has 4 nitrogen and oxygen atoms in total. The highest BCUT2D eigenvalue weighted by Gasteiger charge is 2.32. The van der Waals surface area contributed by atoms with E-state index in [2.05, 4.69) is 9.47 Å². The Kier molecular flexibility index (Phi) is 4.97. The van der Waals surface area contributed by atoms with Crippen molar-refractivity contribution in [1.29, 1.82) is 5.26 Å². The van der Waals surface area contributed by atoms with Crippen molar-refractivity contribution in [3.05, 3.63) is 28.8 Å². The number of nitrogens with zero attached hydrogens (tertiary/aromatic N) is 1. The van der Waals surface area contributed by atoms with E-state index in [9.17, 15) is 18.0 Å². The molecule has 0 unspecified atom stereocenters. The van der Waals surface area contributed by atoms with Crippen LogP contribution in [0.15, 0.2) is 12.1 Å². The molecule has 0 atom stereocenters. The van der Waals surface area contributed by atoms with E-state index in [0.29, 0.717) is 5.56 Å². The molecule has 0 bridgehead atoms. The molecule has 0 heterocycles. The molecule has 108 valence electrons. The van der Waals surface area contributed by atoms with Crippen LogP contribution in [-0.2, 0) is 16.0 Å². The van der Waals surface area contributed by atoms with Crippen molar-refractivity contribution in [1.82, 2.24) is 0 Å². The van der Waals surface area contributed by atoms with Gasteiger partial charge in [0.25, 0.3) is 0 Å². The minimum atomic E-state index is -4.87. The van der Waals surface area contributed by atoms with E-state index in [4.69, 9.17) is 5.26 Å². The highest BCUT2D eigenvalue weighted by atomic mass is 19.4. The quantitative estimate of drug-likeness (QED) is 0.799. The standard InChI is InChI=1S/C13H12F3NO3/c1-3-19-12(18)6-9-5-10(7-17)8(2)4-11(9)20-13(14,15)16/h4-5H,3,6H2,1-2H3. The number of nitriles is 1. The van der Waals surface area contributed by atoms with Gasteiger partial charge in [-0.1, -0.05) is 0 Å². The zero-order valence-electron chi connectivity index (χ0n) is 10.9. The minimum absolute atomic E-state index is 0.0390. The lowest BCUT2D eigenvalue weighted by atomic mass is 10.0. The molecule has 7 heteroatoms. The van der Waals surface area contributed by atoms with Crippen molar-refractivity contribution in [3.8, 4) is 11.8 Å². The lowest BCUT2D eigenvalue weighted by Crippen LogP contribution is -2.19. The van der Waals surface area contributed by atoms with Gasteiger partial charge in [-0.3, -0.25) is 4.79 Å². The Hall–Kier alpha value is -2.23. The Morgan fingerprint density at radius 2 is 2.05 bits per heavy atom. The molecule has 1 aromatic rings. The summed E-state index contributed by atoms with van der Waals surface area (Å²) >= 11 is 0. The first-order valence-electron chi connectivity index (χ1n) is 5.71. The van der Waals surface area contributed by atoms with Gasteiger partial charge in [0.2, 0.25) is 0 Å². The first kappa shape index (κ1) is 15.8.